The molecule has 2 aliphatic rings. The maximum atomic E-state index is 11.4. The van der Waals surface area contributed by atoms with Gasteiger partial charge in [0.25, 0.3) is 0 Å². The lowest BCUT2D eigenvalue weighted by atomic mass is 10.0. The number of hydrogen-bond donors (Lipinski definition) is 2. The van der Waals surface area contributed by atoms with E-state index in [2.05, 4.69) is 17.6 Å². The average Bonchev–Trinajstić information content (AvgIpc) is 3.11. The van der Waals surface area contributed by atoms with Gasteiger partial charge in [0.1, 0.15) is 0 Å². The minimum Gasteiger partial charge on any atom is -0.355 e. The van der Waals surface area contributed by atoms with Crippen molar-refractivity contribution in [2.75, 3.05) is 19.6 Å². The number of nitrogens with one attached hydrogen (secondary N) is 2. The Balaban J connectivity index is 1.50. The van der Waals surface area contributed by atoms with E-state index in [0.29, 0.717) is 12.0 Å². The van der Waals surface area contributed by atoms with Crippen LogP contribution in [0.15, 0.2) is 0 Å². The van der Waals surface area contributed by atoms with Crippen molar-refractivity contribution in [3.05, 3.63) is 0 Å². The van der Waals surface area contributed by atoms with Gasteiger partial charge in [0.05, 0.1) is 6.54 Å². The normalized spacial score (nSPS) is 22.5. The zero-order valence-corrected chi connectivity index (χ0v) is 9.64. The maximum absolute atomic E-state index is 11.4. The van der Waals surface area contributed by atoms with Gasteiger partial charge < -0.3 is 10.6 Å². The summed E-state index contributed by atoms with van der Waals surface area (Å²) in [7, 11) is 0. The SMILES string of the molecule is CCC1(CNCC(=O)NCC2CC2)CC1. The molecule has 0 aromatic carbocycles. The van der Waals surface area contributed by atoms with Crippen LogP contribution >= 0.6 is 0 Å². The predicted molar refractivity (Wildman–Crippen MR) is 60.6 cm³/mol. The lowest BCUT2D eigenvalue weighted by Crippen LogP contribution is -2.37. The van der Waals surface area contributed by atoms with Crippen molar-refractivity contribution < 1.29 is 4.79 Å². The Morgan fingerprint density at radius 2 is 2.13 bits per heavy atom. The first-order valence-corrected chi connectivity index (χ1v) is 6.21. The number of rotatable bonds is 7. The minimum atomic E-state index is 0.161. The first-order chi connectivity index (χ1) is 7.24. The molecule has 3 heteroatoms. The summed E-state index contributed by atoms with van der Waals surface area (Å²) in [6, 6.07) is 0. The van der Waals surface area contributed by atoms with Gasteiger partial charge in [-0.2, -0.15) is 0 Å². The van der Waals surface area contributed by atoms with Crippen LogP contribution in [0.4, 0.5) is 0 Å². The van der Waals surface area contributed by atoms with Crippen LogP contribution in [-0.2, 0) is 4.79 Å². The van der Waals surface area contributed by atoms with Crippen LogP contribution in [0.25, 0.3) is 0 Å². The summed E-state index contributed by atoms with van der Waals surface area (Å²) in [5.74, 6) is 0.938. The molecule has 0 saturated heterocycles. The van der Waals surface area contributed by atoms with Gasteiger partial charge in [0.15, 0.2) is 0 Å². The van der Waals surface area contributed by atoms with E-state index in [1.807, 2.05) is 0 Å². The highest BCUT2D eigenvalue weighted by Crippen LogP contribution is 2.47. The summed E-state index contributed by atoms with van der Waals surface area (Å²) >= 11 is 0. The molecular formula is C12H22N2O. The standard InChI is InChI=1S/C12H22N2O/c1-2-12(5-6-12)9-13-8-11(15)14-7-10-3-4-10/h10,13H,2-9H2,1H3,(H,14,15). The van der Waals surface area contributed by atoms with Crippen LogP contribution in [0.1, 0.15) is 39.0 Å². The first-order valence-electron chi connectivity index (χ1n) is 6.21. The largest absolute Gasteiger partial charge is 0.355 e. The highest BCUT2D eigenvalue weighted by atomic mass is 16.1. The van der Waals surface area contributed by atoms with Gasteiger partial charge in [-0.05, 0) is 43.4 Å². The van der Waals surface area contributed by atoms with Crippen LogP contribution in [0.5, 0.6) is 0 Å². The molecule has 2 fully saturated rings. The van der Waals surface area contributed by atoms with Gasteiger partial charge in [-0.3, -0.25) is 4.79 Å². The Hall–Kier alpha value is -0.570. The Kier molecular flexibility index (Phi) is 3.29. The molecule has 0 unspecified atom stereocenters. The van der Waals surface area contributed by atoms with Crippen molar-refractivity contribution in [3.63, 3.8) is 0 Å². The number of carbonyl (C=O) groups is 1. The second-order valence-corrected chi connectivity index (χ2v) is 5.20. The van der Waals surface area contributed by atoms with Crippen LogP contribution in [0.3, 0.4) is 0 Å². The van der Waals surface area contributed by atoms with E-state index in [0.717, 1.165) is 19.0 Å². The van der Waals surface area contributed by atoms with Crippen molar-refractivity contribution in [1.82, 2.24) is 10.6 Å². The summed E-state index contributed by atoms with van der Waals surface area (Å²) in [6.45, 7) is 4.64. The first kappa shape index (κ1) is 10.9. The van der Waals surface area contributed by atoms with Crippen molar-refractivity contribution in [3.8, 4) is 0 Å². The van der Waals surface area contributed by atoms with E-state index in [1.54, 1.807) is 0 Å². The fourth-order valence-corrected chi connectivity index (χ4v) is 1.92. The molecule has 1 amide bonds. The lowest BCUT2D eigenvalue weighted by molar-refractivity contribution is -0.120. The topological polar surface area (TPSA) is 41.1 Å². The van der Waals surface area contributed by atoms with Crippen molar-refractivity contribution in [1.29, 1.82) is 0 Å². The molecule has 0 atom stereocenters. The van der Waals surface area contributed by atoms with E-state index in [1.165, 1.54) is 32.1 Å². The lowest BCUT2D eigenvalue weighted by Gasteiger charge is -2.13. The van der Waals surface area contributed by atoms with Gasteiger partial charge >= 0.3 is 0 Å². The third-order valence-electron chi connectivity index (χ3n) is 3.78. The second-order valence-electron chi connectivity index (χ2n) is 5.20. The second kappa shape index (κ2) is 4.52. The number of carbonyl (C=O) groups excluding carboxylic acids is 1. The summed E-state index contributed by atoms with van der Waals surface area (Å²) in [4.78, 5) is 11.4. The fourth-order valence-electron chi connectivity index (χ4n) is 1.92. The van der Waals surface area contributed by atoms with Crippen LogP contribution in [0.2, 0.25) is 0 Å². The zero-order chi connectivity index (χ0) is 10.7. The van der Waals surface area contributed by atoms with E-state index in [4.69, 9.17) is 0 Å². The highest BCUT2D eigenvalue weighted by molar-refractivity contribution is 5.78. The molecule has 15 heavy (non-hydrogen) atoms. The summed E-state index contributed by atoms with van der Waals surface area (Å²) in [5, 5.41) is 6.24. The Labute approximate surface area is 92.0 Å². The minimum absolute atomic E-state index is 0.161. The molecule has 0 aliphatic heterocycles. The monoisotopic (exact) mass is 210 g/mol. The molecule has 2 aliphatic carbocycles. The molecule has 0 aromatic heterocycles. The quantitative estimate of drug-likeness (QED) is 0.665. The smallest absolute Gasteiger partial charge is 0.233 e. The molecule has 0 heterocycles. The number of amides is 1. The summed E-state index contributed by atoms with van der Waals surface area (Å²) in [6.07, 6.45) is 6.50. The Bertz CT molecular complexity index is 232. The molecule has 3 nitrogen and oxygen atoms in total. The van der Waals surface area contributed by atoms with Crippen molar-refractivity contribution >= 4 is 5.91 Å². The molecule has 86 valence electrons. The Morgan fingerprint density at radius 1 is 1.40 bits per heavy atom. The molecule has 0 bridgehead atoms. The highest BCUT2D eigenvalue weighted by Gasteiger charge is 2.39. The molecule has 2 N–H and O–H groups in total. The molecule has 0 aromatic rings. The third kappa shape index (κ3) is 3.49. The molecule has 2 rings (SSSR count). The van der Waals surface area contributed by atoms with E-state index in [-0.39, 0.29) is 5.91 Å². The van der Waals surface area contributed by atoms with Crippen LogP contribution in [0, 0.1) is 11.3 Å². The van der Waals surface area contributed by atoms with Gasteiger partial charge in [-0.25, -0.2) is 0 Å². The van der Waals surface area contributed by atoms with E-state index in [9.17, 15) is 4.79 Å². The van der Waals surface area contributed by atoms with E-state index >= 15 is 0 Å². The number of hydrogen-bond acceptors (Lipinski definition) is 2. The third-order valence-corrected chi connectivity index (χ3v) is 3.78. The van der Waals surface area contributed by atoms with E-state index < -0.39 is 0 Å². The Morgan fingerprint density at radius 3 is 2.67 bits per heavy atom. The average molecular weight is 210 g/mol. The molecule has 0 spiro atoms. The molecular weight excluding hydrogens is 188 g/mol. The maximum Gasteiger partial charge on any atom is 0.233 e. The van der Waals surface area contributed by atoms with Gasteiger partial charge in [-0.15, -0.1) is 0 Å². The van der Waals surface area contributed by atoms with Crippen LogP contribution < -0.4 is 10.6 Å². The van der Waals surface area contributed by atoms with Gasteiger partial charge in [-0.1, -0.05) is 6.92 Å². The van der Waals surface area contributed by atoms with Gasteiger partial charge in [0.2, 0.25) is 5.91 Å². The summed E-state index contributed by atoms with van der Waals surface area (Å²) < 4.78 is 0. The molecule has 0 radical (unpaired) electrons. The molecule has 2 saturated carbocycles. The van der Waals surface area contributed by atoms with Crippen molar-refractivity contribution in [2.45, 2.75) is 39.0 Å². The van der Waals surface area contributed by atoms with Crippen molar-refractivity contribution in [2.24, 2.45) is 11.3 Å². The van der Waals surface area contributed by atoms with Gasteiger partial charge in [0, 0.05) is 13.1 Å². The zero-order valence-electron chi connectivity index (χ0n) is 9.64. The fraction of sp³-hybridized carbons (Fsp3) is 0.917. The van der Waals surface area contributed by atoms with Crippen LogP contribution in [-0.4, -0.2) is 25.5 Å². The predicted octanol–water partition coefficient (Wildman–Crippen LogP) is 1.29. The summed E-state index contributed by atoms with van der Waals surface area (Å²) in [5.41, 5.74) is 0.538.